The van der Waals surface area contributed by atoms with Gasteiger partial charge in [0.1, 0.15) is 0 Å². The highest BCUT2D eigenvalue weighted by Gasteiger charge is 2.08. The van der Waals surface area contributed by atoms with Gasteiger partial charge in [0, 0.05) is 16.0 Å². The van der Waals surface area contributed by atoms with E-state index < -0.39 is 15.8 Å². The molecule has 6 heteroatoms. The molecule has 0 fully saturated rings. The number of allylic oxidation sites excluding steroid dienone is 2. The number of halogens is 1. The number of ether oxygens (including phenoxy) is 1. The van der Waals surface area contributed by atoms with Gasteiger partial charge in [0.15, 0.2) is 9.84 Å². The third kappa shape index (κ3) is 5.40. The second-order valence-electron chi connectivity index (χ2n) is 3.44. The summed E-state index contributed by atoms with van der Waals surface area (Å²) in [6.45, 7) is 1.98. The first-order valence-corrected chi connectivity index (χ1v) is 7.82. The van der Waals surface area contributed by atoms with E-state index in [0.717, 1.165) is 16.0 Å². The predicted octanol–water partition coefficient (Wildman–Crippen LogP) is 2.86. The molecule has 0 aliphatic carbocycles. The molecule has 1 aromatic carbocycles. The standard InChI is InChI=1S/C13H13BrO4S/c1-2-18-13(15)5-3-4-10-19(16,17)12-8-6-11(14)7-9-12/h3-10H,2H2,1H3/b5-3+,10-4+. The van der Waals surface area contributed by atoms with E-state index in [-0.39, 0.29) is 11.5 Å². The van der Waals surface area contributed by atoms with Crippen LogP contribution in [0, 0.1) is 0 Å². The van der Waals surface area contributed by atoms with Crippen LogP contribution in [0.4, 0.5) is 0 Å². The highest BCUT2D eigenvalue weighted by Crippen LogP contribution is 2.16. The van der Waals surface area contributed by atoms with Gasteiger partial charge in [0.05, 0.1) is 11.5 Å². The van der Waals surface area contributed by atoms with E-state index in [4.69, 9.17) is 0 Å². The van der Waals surface area contributed by atoms with Crippen molar-refractivity contribution in [2.75, 3.05) is 6.61 Å². The Morgan fingerprint density at radius 3 is 2.47 bits per heavy atom. The summed E-state index contributed by atoms with van der Waals surface area (Å²) in [4.78, 5) is 11.2. The van der Waals surface area contributed by atoms with Crippen molar-refractivity contribution in [1.29, 1.82) is 0 Å². The van der Waals surface area contributed by atoms with Crippen molar-refractivity contribution in [3.05, 3.63) is 52.4 Å². The Bertz CT molecular complexity index is 586. The van der Waals surface area contributed by atoms with Crippen LogP contribution in [0.15, 0.2) is 57.3 Å². The van der Waals surface area contributed by atoms with Gasteiger partial charge < -0.3 is 4.74 Å². The Morgan fingerprint density at radius 2 is 1.89 bits per heavy atom. The first-order chi connectivity index (χ1) is 8.95. The molecular formula is C13H13BrO4S. The average Bonchev–Trinajstić information content (AvgIpc) is 2.36. The zero-order valence-corrected chi connectivity index (χ0v) is 12.6. The molecule has 102 valence electrons. The van der Waals surface area contributed by atoms with Crippen molar-refractivity contribution in [2.45, 2.75) is 11.8 Å². The van der Waals surface area contributed by atoms with Gasteiger partial charge in [-0.15, -0.1) is 0 Å². The fourth-order valence-electron chi connectivity index (χ4n) is 1.18. The molecule has 0 spiro atoms. The zero-order valence-electron chi connectivity index (χ0n) is 10.2. The molecule has 0 saturated carbocycles. The van der Waals surface area contributed by atoms with E-state index >= 15 is 0 Å². The van der Waals surface area contributed by atoms with Gasteiger partial charge in [-0.1, -0.05) is 28.1 Å². The van der Waals surface area contributed by atoms with Crippen LogP contribution in [0.2, 0.25) is 0 Å². The summed E-state index contributed by atoms with van der Waals surface area (Å²) in [5, 5.41) is 1.03. The van der Waals surface area contributed by atoms with Crippen molar-refractivity contribution in [2.24, 2.45) is 0 Å². The Labute approximate surface area is 120 Å². The van der Waals surface area contributed by atoms with Crippen LogP contribution in [0.3, 0.4) is 0 Å². The maximum Gasteiger partial charge on any atom is 0.330 e. The van der Waals surface area contributed by atoms with Gasteiger partial charge in [0.25, 0.3) is 0 Å². The first-order valence-electron chi connectivity index (χ1n) is 5.48. The summed E-state index contributed by atoms with van der Waals surface area (Å²) in [6.07, 6.45) is 3.78. The van der Waals surface area contributed by atoms with Crippen molar-refractivity contribution in [3.8, 4) is 0 Å². The Kier molecular flexibility index (Phi) is 5.98. The number of benzene rings is 1. The van der Waals surface area contributed by atoms with Crippen molar-refractivity contribution in [3.63, 3.8) is 0 Å². The lowest BCUT2D eigenvalue weighted by Crippen LogP contribution is -1.98. The van der Waals surface area contributed by atoms with Crippen LogP contribution in [0.1, 0.15) is 6.92 Å². The Balaban J connectivity index is 2.75. The second-order valence-corrected chi connectivity index (χ2v) is 6.19. The summed E-state index contributed by atoms with van der Waals surface area (Å²) in [5.74, 6) is -0.506. The lowest BCUT2D eigenvalue weighted by molar-refractivity contribution is -0.137. The number of rotatable bonds is 5. The number of hydrogen-bond acceptors (Lipinski definition) is 4. The lowest BCUT2D eigenvalue weighted by atomic mass is 10.4. The molecule has 0 bridgehead atoms. The van der Waals surface area contributed by atoms with Gasteiger partial charge >= 0.3 is 5.97 Å². The largest absolute Gasteiger partial charge is 0.463 e. The molecule has 0 radical (unpaired) electrons. The molecular weight excluding hydrogens is 332 g/mol. The topological polar surface area (TPSA) is 60.4 Å². The van der Waals surface area contributed by atoms with Crippen molar-refractivity contribution < 1.29 is 17.9 Å². The average molecular weight is 345 g/mol. The number of carbonyl (C=O) groups excluding carboxylic acids is 1. The van der Waals surface area contributed by atoms with Crippen molar-refractivity contribution >= 4 is 31.7 Å². The number of carbonyl (C=O) groups is 1. The molecule has 0 saturated heterocycles. The molecule has 0 N–H and O–H groups in total. The molecule has 0 heterocycles. The molecule has 4 nitrogen and oxygen atoms in total. The SMILES string of the molecule is CCOC(=O)/C=C/C=C/S(=O)(=O)c1ccc(Br)cc1. The third-order valence-corrected chi connectivity index (χ3v) is 4.00. The first kappa shape index (κ1) is 15.7. The molecule has 0 atom stereocenters. The summed E-state index contributed by atoms with van der Waals surface area (Å²) >= 11 is 3.23. The molecule has 0 aromatic heterocycles. The van der Waals surface area contributed by atoms with Gasteiger partial charge in [-0.2, -0.15) is 0 Å². The maximum atomic E-state index is 11.9. The molecule has 0 unspecified atom stereocenters. The van der Waals surface area contributed by atoms with E-state index in [2.05, 4.69) is 20.7 Å². The minimum atomic E-state index is -3.49. The minimum Gasteiger partial charge on any atom is -0.463 e. The lowest BCUT2D eigenvalue weighted by Gasteiger charge is -1.98. The van der Waals surface area contributed by atoms with Crippen LogP contribution in [0.5, 0.6) is 0 Å². The quantitative estimate of drug-likeness (QED) is 0.468. The van der Waals surface area contributed by atoms with Crippen LogP contribution >= 0.6 is 15.9 Å². The second kappa shape index (κ2) is 7.25. The Hall–Kier alpha value is -1.40. The maximum absolute atomic E-state index is 11.9. The van der Waals surface area contributed by atoms with Gasteiger partial charge in [0.2, 0.25) is 0 Å². The van der Waals surface area contributed by atoms with E-state index in [1.807, 2.05) is 0 Å². The zero-order chi connectivity index (χ0) is 14.3. The van der Waals surface area contributed by atoms with E-state index in [1.54, 1.807) is 19.1 Å². The monoisotopic (exact) mass is 344 g/mol. The predicted molar refractivity (Wildman–Crippen MR) is 76.2 cm³/mol. The van der Waals surface area contributed by atoms with Gasteiger partial charge in [-0.05, 0) is 31.2 Å². The molecule has 0 aliphatic heterocycles. The van der Waals surface area contributed by atoms with Crippen molar-refractivity contribution in [1.82, 2.24) is 0 Å². The Morgan fingerprint density at radius 1 is 1.26 bits per heavy atom. The van der Waals surface area contributed by atoms with Crippen LogP contribution in [0.25, 0.3) is 0 Å². The number of sulfone groups is 1. The summed E-state index contributed by atoms with van der Waals surface area (Å²) in [5.41, 5.74) is 0. The molecule has 1 rings (SSSR count). The van der Waals surface area contributed by atoms with E-state index in [9.17, 15) is 13.2 Å². The third-order valence-electron chi connectivity index (χ3n) is 2.03. The van der Waals surface area contributed by atoms with Crippen LogP contribution in [-0.2, 0) is 19.4 Å². The number of hydrogen-bond donors (Lipinski definition) is 0. The van der Waals surface area contributed by atoms with Crippen LogP contribution < -0.4 is 0 Å². The summed E-state index contributed by atoms with van der Waals surface area (Å²) < 4.78 is 29.2. The fraction of sp³-hybridized carbons (Fsp3) is 0.154. The smallest absolute Gasteiger partial charge is 0.330 e. The highest BCUT2D eigenvalue weighted by molar-refractivity contribution is 9.10. The van der Waals surface area contributed by atoms with Crippen LogP contribution in [-0.4, -0.2) is 21.0 Å². The summed E-state index contributed by atoms with van der Waals surface area (Å²) in [7, 11) is -3.49. The summed E-state index contributed by atoms with van der Waals surface area (Å²) in [6, 6.07) is 6.29. The molecule has 0 amide bonds. The van der Waals surface area contributed by atoms with Gasteiger partial charge in [-0.3, -0.25) is 0 Å². The molecule has 19 heavy (non-hydrogen) atoms. The van der Waals surface area contributed by atoms with E-state index in [1.165, 1.54) is 24.3 Å². The molecule has 0 aliphatic rings. The molecule has 1 aromatic rings. The fourth-order valence-corrected chi connectivity index (χ4v) is 2.41. The normalized spacial score (nSPS) is 12.1. The van der Waals surface area contributed by atoms with E-state index in [0.29, 0.717) is 0 Å². The number of esters is 1. The highest BCUT2D eigenvalue weighted by atomic mass is 79.9. The minimum absolute atomic E-state index is 0.191. The van der Waals surface area contributed by atoms with Gasteiger partial charge in [-0.25, -0.2) is 13.2 Å².